The summed E-state index contributed by atoms with van der Waals surface area (Å²) in [5.74, 6) is 3.00. The minimum Gasteiger partial charge on any atom is -0.394 e. The summed E-state index contributed by atoms with van der Waals surface area (Å²) >= 11 is 0. The molecular formula is C10H16F2N4O. The first kappa shape index (κ1) is 13.6. The van der Waals surface area contributed by atoms with Crippen LogP contribution in [-0.2, 0) is 0 Å². The first-order valence-corrected chi connectivity index (χ1v) is 5.19. The molecule has 17 heavy (non-hydrogen) atoms. The Labute approximate surface area is 98.0 Å². The quantitative estimate of drug-likeness (QED) is 0.461. The minimum atomic E-state index is -0.874. The van der Waals surface area contributed by atoms with Gasteiger partial charge in [0, 0.05) is 6.07 Å². The fourth-order valence-corrected chi connectivity index (χ4v) is 1.27. The van der Waals surface area contributed by atoms with Crippen molar-refractivity contribution in [2.24, 2.45) is 11.8 Å². The predicted molar refractivity (Wildman–Crippen MR) is 61.3 cm³/mol. The van der Waals surface area contributed by atoms with E-state index in [0.717, 1.165) is 0 Å². The Hall–Kier alpha value is -1.47. The summed E-state index contributed by atoms with van der Waals surface area (Å²) < 4.78 is 26.5. The van der Waals surface area contributed by atoms with Crippen LogP contribution in [0.15, 0.2) is 6.07 Å². The number of nitrogens with one attached hydrogen (secondary N) is 2. The van der Waals surface area contributed by atoms with Crippen LogP contribution < -0.4 is 16.6 Å². The monoisotopic (exact) mass is 246 g/mol. The van der Waals surface area contributed by atoms with Gasteiger partial charge in [0.25, 0.3) is 0 Å². The molecule has 0 aliphatic carbocycles. The van der Waals surface area contributed by atoms with Gasteiger partial charge in [-0.05, 0) is 5.92 Å². The van der Waals surface area contributed by atoms with Crippen molar-refractivity contribution >= 4 is 11.6 Å². The van der Waals surface area contributed by atoms with Crippen molar-refractivity contribution in [1.29, 1.82) is 0 Å². The molecule has 1 rings (SSSR count). The van der Waals surface area contributed by atoms with Gasteiger partial charge in [0.05, 0.1) is 12.6 Å². The Morgan fingerprint density at radius 1 is 1.35 bits per heavy atom. The van der Waals surface area contributed by atoms with E-state index in [9.17, 15) is 8.78 Å². The summed E-state index contributed by atoms with van der Waals surface area (Å²) in [6.45, 7) is 3.54. The van der Waals surface area contributed by atoms with Crippen LogP contribution in [0.1, 0.15) is 13.8 Å². The van der Waals surface area contributed by atoms with Crippen LogP contribution in [-0.4, -0.2) is 22.7 Å². The van der Waals surface area contributed by atoms with Crippen LogP contribution in [0.4, 0.5) is 20.4 Å². The molecule has 0 fully saturated rings. The highest BCUT2D eigenvalue weighted by molar-refractivity contribution is 5.47. The van der Waals surface area contributed by atoms with Gasteiger partial charge in [0.15, 0.2) is 23.3 Å². The number of aliphatic hydroxyl groups excluding tert-OH is 1. The smallest absolute Gasteiger partial charge is 0.178 e. The maximum atomic E-state index is 13.4. The molecule has 0 saturated heterocycles. The van der Waals surface area contributed by atoms with Crippen molar-refractivity contribution in [1.82, 2.24) is 4.98 Å². The number of hydrogen-bond donors (Lipinski definition) is 4. The second-order valence-corrected chi connectivity index (χ2v) is 3.97. The van der Waals surface area contributed by atoms with E-state index in [-0.39, 0.29) is 30.2 Å². The number of rotatable bonds is 5. The molecule has 1 aromatic rings. The molecule has 0 radical (unpaired) electrons. The standard InChI is InChI=1S/C10H16F2N4O/c1-5(2)8(4-17)14-9-6(11)3-7(12)10(15-9)16-13/h3,5,8,17H,4,13H2,1-2H3,(H2,14,15,16). The van der Waals surface area contributed by atoms with E-state index in [1.165, 1.54) is 0 Å². The van der Waals surface area contributed by atoms with Gasteiger partial charge in [-0.15, -0.1) is 0 Å². The van der Waals surface area contributed by atoms with Gasteiger partial charge >= 0.3 is 0 Å². The zero-order valence-electron chi connectivity index (χ0n) is 9.67. The molecule has 96 valence electrons. The number of aromatic nitrogens is 1. The van der Waals surface area contributed by atoms with E-state index in [1.807, 2.05) is 19.3 Å². The lowest BCUT2D eigenvalue weighted by molar-refractivity contribution is 0.248. The van der Waals surface area contributed by atoms with Crippen LogP contribution in [0.5, 0.6) is 0 Å². The normalized spacial score (nSPS) is 12.6. The van der Waals surface area contributed by atoms with E-state index in [0.29, 0.717) is 6.07 Å². The van der Waals surface area contributed by atoms with Crippen LogP contribution in [0.2, 0.25) is 0 Å². The maximum absolute atomic E-state index is 13.4. The molecule has 0 aliphatic rings. The van der Waals surface area contributed by atoms with Crippen molar-refractivity contribution in [3.05, 3.63) is 17.7 Å². The molecule has 0 amide bonds. The molecule has 0 bridgehead atoms. The lowest BCUT2D eigenvalue weighted by atomic mass is 10.1. The minimum absolute atomic E-state index is 0.0699. The average molecular weight is 246 g/mol. The Morgan fingerprint density at radius 2 is 1.94 bits per heavy atom. The Kier molecular flexibility index (Phi) is 4.59. The first-order valence-electron chi connectivity index (χ1n) is 5.19. The maximum Gasteiger partial charge on any atom is 0.178 e. The molecule has 0 spiro atoms. The second kappa shape index (κ2) is 5.74. The van der Waals surface area contributed by atoms with Gasteiger partial charge in [0.1, 0.15) is 0 Å². The molecule has 0 aromatic carbocycles. The van der Waals surface area contributed by atoms with Gasteiger partial charge in [-0.1, -0.05) is 13.8 Å². The van der Waals surface area contributed by atoms with Crippen molar-refractivity contribution in [3.8, 4) is 0 Å². The van der Waals surface area contributed by atoms with Crippen molar-refractivity contribution in [2.75, 3.05) is 17.3 Å². The topological polar surface area (TPSA) is 83.2 Å². The molecule has 0 saturated carbocycles. The van der Waals surface area contributed by atoms with Gasteiger partial charge in [-0.25, -0.2) is 19.6 Å². The van der Waals surface area contributed by atoms with Crippen molar-refractivity contribution < 1.29 is 13.9 Å². The van der Waals surface area contributed by atoms with Crippen LogP contribution in [0.3, 0.4) is 0 Å². The summed E-state index contributed by atoms with van der Waals surface area (Å²) in [4.78, 5) is 3.65. The van der Waals surface area contributed by atoms with Gasteiger partial charge in [0.2, 0.25) is 0 Å². The van der Waals surface area contributed by atoms with Crippen molar-refractivity contribution in [2.45, 2.75) is 19.9 Å². The largest absolute Gasteiger partial charge is 0.394 e. The SMILES string of the molecule is CC(C)C(CO)Nc1nc(NN)c(F)cc1F. The Balaban J connectivity index is 2.97. The lowest BCUT2D eigenvalue weighted by Gasteiger charge is -2.21. The zero-order chi connectivity index (χ0) is 13.0. The highest BCUT2D eigenvalue weighted by Crippen LogP contribution is 2.20. The summed E-state index contributed by atoms with van der Waals surface area (Å²) in [6, 6.07) is 0.312. The number of nitrogen functional groups attached to an aromatic ring is 1. The number of anilines is 2. The van der Waals surface area contributed by atoms with Crippen LogP contribution in [0, 0.1) is 17.6 Å². The summed E-state index contributed by atoms with van der Waals surface area (Å²) in [5, 5.41) is 11.8. The number of nitrogens with two attached hydrogens (primary N) is 1. The number of hydrogen-bond acceptors (Lipinski definition) is 5. The third-order valence-electron chi connectivity index (χ3n) is 2.39. The number of hydrazine groups is 1. The molecule has 1 heterocycles. The fourth-order valence-electron chi connectivity index (χ4n) is 1.27. The lowest BCUT2D eigenvalue weighted by Crippen LogP contribution is -2.30. The number of nitrogens with zero attached hydrogens (tertiary/aromatic N) is 1. The van der Waals surface area contributed by atoms with E-state index < -0.39 is 11.6 Å². The third-order valence-corrected chi connectivity index (χ3v) is 2.39. The van der Waals surface area contributed by atoms with E-state index in [4.69, 9.17) is 10.9 Å². The van der Waals surface area contributed by atoms with Gasteiger partial charge in [-0.3, -0.25) is 0 Å². The zero-order valence-corrected chi connectivity index (χ0v) is 9.67. The highest BCUT2D eigenvalue weighted by atomic mass is 19.1. The Morgan fingerprint density at radius 3 is 2.41 bits per heavy atom. The third kappa shape index (κ3) is 3.24. The summed E-state index contributed by atoms with van der Waals surface area (Å²) in [5.41, 5.74) is 2.03. The van der Waals surface area contributed by atoms with Crippen LogP contribution >= 0.6 is 0 Å². The molecule has 0 aliphatic heterocycles. The van der Waals surface area contributed by atoms with Crippen molar-refractivity contribution in [3.63, 3.8) is 0 Å². The van der Waals surface area contributed by atoms with E-state index in [1.54, 1.807) is 0 Å². The number of aliphatic hydroxyl groups is 1. The predicted octanol–water partition coefficient (Wildman–Crippen LogP) is 1.07. The summed E-state index contributed by atoms with van der Waals surface area (Å²) in [7, 11) is 0. The highest BCUT2D eigenvalue weighted by Gasteiger charge is 2.17. The molecule has 5 N–H and O–H groups in total. The van der Waals surface area contributed by atoms with Gasteiger partial charge in [-0.2, -0.15) is 0 Å². The van der Waals surface area contributed by atoms with E-state index in [2.05, 4.69) is 10.3 Å². The molecule has 1 atom stereocenters. The fraction of sp³-hybridized carbons (Fsp3) is 0.500. The van der Waals surface area contributed by atoms with E-state index >= 15 is 0 Å². The first-order chi connectivity index (χ1) is 7.99. The average Bonchev–Trinajstić information content (AvgIpc) is 2.27. The second-order valence-electron chi connectivity index (χ2n) is 3.97. The molecular weight excluding hydrogens is 230 g/mol. The molecule has 1 aromatic heterocycles. The van der Waals surface area contributed by atoms with Gasteiger partial charge < -0.3 is 15.8 Å². The number of halogens is 2. The number of pyridine rings is 1. The Bertz CT molecular complexity index is 387. The molecule has 5 nitrogen and oxygen atoms in total. The molecule has 1 unspecified atom stereocenters. The molecule has 7 heteroatoms. The summed E-state index contributed by atoms with van der Waals surface area (Å²) in [6.07, 6.45) is 0. The van der Waals surface area contributed by atoms with Crippen LogP contribution in [0.25, 0.3) is 0 Å².